The van der Waals surface area contributed by atoms with E-state index in [2.05, 4.69) is 16.1 Å². The number of rotatable bonds is 6. The van der Waals surface area contributed by atoms with Crippen LogP contribution in [0.3, 0.4) is 0 Å². The van der Waals surface area contributed by atoms with E-state index in [-0.39, 0.29) is 30.8 Å². The molecule has 0 aromatic heterocycles. The highest BCUT2D eigenvalue weighted by atomic mass is 35.5. The number of nitrogens with one attached hydrogen (secondary N) is 3. The van der Waals surface area contributed by atoms with Crippen molar-refractivity contribution in [2.24, 2.45) is 5.84 Å². The van der Waals surface area contributed by atoms with Crippen molar-refractivity contribution >= 4 is 35.9 Å². The summed E-state index contributed by atoms with van der Waals surface area (Å²) in [5.41, 5.74) is 5.49. The van der Waals surface area contributed by atoms with Crippen molar-refractivity contribution in [3.8, 4) is 0 Å². The van der Waals surface area contributed by atoms with Gasteiger partial charge in [-0.15, -0.1) is 12.4 Å². The summed E-state index contributed by atoms with van der Waals surface area (Å²) in [6.07, 6.45) is 0.386. The summed E-state index contributed by atoms with van der Waals surface area (Å²) in [4.78, 5) is 37.8. The number of carbonyl (C=O) groups excluding carboxylic acids is 3. The van der Waals surface area contributed by atoms with Crippen molar-refractivity contribution in [2.75, 3.05) is 12.5 Å². The molecule has 1 heterocycles. The molecule has 1 aliphatic rings. The number of hydrogen-bond acceptors (Lipinski definition) is 5. The molecule has 9 heteroatoms. The number of imide groups is 1. The van der Waals surface area contributed by atoms with E-state index < -0.39 is 12.1 Å². The third-order valence-corrected chi connectivity index (χ3v) is 4.49. The van der Waals surface area contributed by atoms with Gasteiger partial charge >= 0.3 is 6.03 Å². The molecule has 0 aliphatic carbocycles. The molecule has 1 aliphatic heterocycles. The van der Waals surface area contributed by atoms with E-state index in [1.54, 1.807) is 37.4 Å². The molecule has 1 fully saturated rings. The average Bonchev–Trinajstić information content (AvgIpc) is 2.95. The van der Waals surface area contributed by atoms with Crippen LogP contribution in [0.25, 0.3) is 0 Å². The van der Waals surface area contributed by atoms with Gasteiger partial charge < -0.3 is 15.6 Å². The zero-order valence-electron chi connectivity index (χ0n) is 15.3. The third-order valence-electron chi connectivity index (χ3n) is 4.49. The number of nitrogens with two attached hydrogens (primary N) is 1. The summed E-state index contributed by atoms with van der Waals surface area (Å²) in [5, 5.41) is 4.93. The molecule has 148 valence electrons. The van der Waals surface area contributed by atoms with E-state index in [4.69, 9.17) is 5.84 Å². The Balaban J connectivity index is 0.00000280. The maximum atomic E-state index is 12.3. The van der Waals surface area contributed by atoms with Crippen LogP contribution in [0, 0.1) is 0 Å². The van der Waals surface area contributed by atoms with Gasteiger partial charge in [-0.25, -0.2) is 4.79 Å². The topological polar surface area (TPSA) is 117 Å². The normalized spacial score (nSPS) is 15.6. The van der Waals surface area contributed by atoms with Crippen LogP contribution in [0.5, 0.6) is 0 Å². The number of amides is 4. The van der Waals surface area contributed by atoms with Crippen molar-refractivity contribution in [2.45, 2.75) is 19.0 Å². The second-order valence-electron chi connectivity index (χ2n) is 6.26. The Labute approximate surface area is 168 Å². The first-order valence-corrected chi connectivity index (χ1v) is 8.50. The van der Waals surface area contributed by atoms with Gasteiger partial charge in [-0.1, -0.05) is 24.3 Å². The lowest BCUT2D eigenvalue weighted by molar-refractivity contribution is -0.121. The van der Waals surface area contributed by atoms with Gasteiger partial charge in [0.1, 0.15) is 6.04 Å². The highest BCUT2D eigenvalue weighted by molar-refractivity contribution is 6.04. The summed E-state index contributed by atoms with van der Waals surface area (Å²) in [6.45, 7) is 0.232. The summed E-state index contributed by atoms with van der Waals surface area (Å²) < 4.78 is 0. The van der Waals surface area contributed by atoms with Gasteiger partial charge in [0.05, 0.1) is 0 Å². The highest BCUT2D eigenvalue weighted by Gasteiger charge is 2.38. The Morgan fingerprint density at radius 2 is 1.86 bits per heavy atom. The van der Waals surface area contributed by atoms with Crippen molar-refractivity contribution in [3.05, 3.63) is 65.2 Å². The molecule has 0 bridgehead atoms. The van der Waals surface area contributed by atoms with Gasteiger partial charge in [0.15, 0.2) is 0 Å². The Bertz CT molecular complexity index is 872. The second-order valence-corrected chi connectivity index (χ2v) is 6.26. The number of halogens is 1. The van der Waals surface area contributed by atoms with Crippen LogP contribution >= 0.6 is 12.4 Å². The molecule has 2 aromatic carbocycles. The first-order valence-electron chi connectivity index (χ1n) is 8.50. The predicted octanol–water partition coefficient (Wildman–Crippen LogP) is 1.42. The quantitative estimate of drug-likeness (QED) is 0.330. The van der Waals surface area contributed by atoms with Crippen LogP contribution in [0.2, 0.25) is 0 Å². The number of urea groups is 1. The standard InChI is InChI=1S/C19H21N5O3.ClH/c1-21-17(25)14-4-2-3-13(9-14)11-24-16(18(26)22-19(24)27)10-12-5-7-15(23-20)8-6-12;/h2-9,16,23H,10-11,20H2,1H3,(H,21,25)(H,22,26,27);1H. The number of hydrogen-bond donors (Lipinski definition) is 4. The van der Waals surface area contributed by atoms with Crippen molar-refractivity contribution < 1.29 is 14.4 Å². The van der Waals surface area contributed by atoms with Crippen molar-refractivity contribution in [3.63, 3.8) is 0 Å². The van der Waals surface area contributed by atoms with Crippen LogP contribution in [0.4, 0.5) is 10.5 Å². The summed E-state index contributed by atoms with van der Waals surface area (Å²) in [7, 11) is 1.56. The first-order chi connectivity index (χ1) is 13.0. The highest BCUT2D eigenvalue weighted by Crippen LogP contribution is 2.19. The SMILES string of the molecule is CNC(=O)c1cccc(CN2C(=O)NC(=O)C2Cc2ccc(NN)cc2)c1.Cl. The third kappa shape index (κ3) is 4.59. The fourth-order valence-corrected chi connectivity index (χ4v) is 3.04. The Morgan fingerprint density at radius 1 is 1.14 bits per heavy atom. The number of nitrogens with zero attached hydrogens (tertiary/aromatic N) is 1. The van der Waals surface area contributed by atoms with Gasteiger partial charge in [0.2, 0.25) is 0 Å². The number of hydrazine groups is 1. The lowest BCUT2D eigenvalue weighted by atomic mass is 10.0. The maximum absolute atomic E-state index is 12.3. The molecule has 5 N–H and O–H groups in total. The number of anilines is 1. The fraction of sp³-hybridized carbons (Fsp3) is 0.211. The Hall–Kier alpha value is -3.10. The maximum Gasteiger partial charge on any atom is 0.325 e. The zero-order chi connectivity index (χ0) is 19.4. The fourth-order valence-electron chi connectivity index (χ4n) is 3.04. The molecule has 28 heavy (non-hydrogen) atoms. The lowest BCUT2D eigenvalue weighted by Gasteiger charge is -2.22. The molecule has 3 rings (SSSR count). The second kappa shape index (κ2) is 9.20. The molecule has 8 nitrogen and oxygen atoms in total. The average molecular weight is 404 g/mol. The Morgan fingerprint density at radius 3 is 2.50 bits per heavy atom. The summed E-state index contributed by atoms with van der Waals surface area (Å²) in [5.74, 6) is 4.82. The lowest BCUT2D eigenvalue weighted by Crippen LogP contribution is -2.36. The molecule has 2 aromatic rings. The smallest absolute Gasteiger partial charge is 0.325 e. The van der Waals surface area contributed by atoms with Crippen LogP contribution < -0.4 is 21.9 Å². The molecule has 1 saturated heterocycles. The van der Waals surface area contributed by atoms with Gasteiger partial charge in [0.25, 0.3) is 11.8 Å². The van der Waals surface area contributed by atoms with E-state index in [9.17, 15) is 14.4 Å². The minimum Gasteiger partial charge on any atom is -0.355 e. The van der Waals surface area contributed by atoms with Gasteiger partial charge in [-0.2, -0.15) is 0 Å². The Kier molecular flexibility index (Phi) is 6.97. The number of nitrogen functional groups attached to an aromatic ring is 1. The minimum atomic E-state index is -0.613. The van der Waals surface area contributed by atoms with Gasteiger partial charge in [0, 0.05) is 31.3 Å². The molecular weight excluding hydrogens is 382 g/mol. The molecular formula is C19H22ClN5O3. The van der Waals surface area contributed by atoms with Gasteiger partial charge in [-0.05, 0) is 35.4 Å². The van der Waals surface area contributed by atoms with Crippen LogP contribution in [0.1, 0.15) is 21.5 Å². The monoisotopic (exact) mass is 403 g/mol. The van der Waals surface area contributed by atoms with Crippen molar-refractivity contribution in [1.29, 1.82) is 0 Å². The van der Waals surface area contributed by atoms with E-state index in [1.165, 1.54) is 4.90 Å². The minimum absolute atomic E-state index is 0. The van der Waals surface area contributed by atoms with E-state index in [1.807, 2.05) is 18.2 Å². The first kappa shape index (κ1) is 21.2. The molecule has 0 spiro atoms. The summed E-state index contributed by atoms with van der Waals surface area (Å²) >= 11 is 0. The number of benzene rings is 2. The van der Waals surface area contributed by atoms with Crippen LogP contribution in [0.15, 0.2) is 48.5 Å². The van der Waals surface area contributed by atoms with Crippen molar-refractivity contribution in [1.82, 2.24) is 15.5 Å². The van der Waals surface area contributed by atoms with E-state index in [0.29, 0.717) is 12.0 Å². The molecule has 1 atom stereocenters. The van der Waals surface area contributed by atoms with E-state index >= 15 is 0 Å². The van der Waals surface area contributed by atoms with Crippen LogP contribution in [-0.4, -0.2) is 35.8 Å². The largest absolute Gasteiger partial charge is 0.355 e. The molecule has 4 amide bonds. The van der Waals surface area contributed by atoms with E-state index in [0.717, 1.165) is 16.8 Å². The zero-order valence-corrected chi connectivity index (χ0v) is 16.1. The molecule has 0 saturated carbocycles. The summed E-state index contributed by atoms with van der Waals surface area (Å²) in [6, 6.07) is 13.3. The number of carbonyl (C=O) groups is 3. The van der Waals surface area contributed by atoms with Crippen LogP contribution in [-0.2, 0) is 17.8 Å². The molecule has 1 unspecified atom stereocenters. The molecule has 0 radical (unpaired) electrons. The van der Waals surface area contributed by atoms with Gasteiger partial charge in [-0.3, -0.25) is 20.7 Å². The predicted molar refractivity (Wildman–Crippen MR) is 108 cm³/mol.